The van der Waals surface area contributed by atoms with Crippen molar-refractivity contribution in [1.29, 1.82) is 0 Å². The van der Waals surface area contributed by atoms with Gasteiger partial charge < -0.3 is 4.90 Å². The molecule has 10 rings (SSSR count). The highest BCUT2D eigenvalue weighted by atomic mass is 15.1. The average Bonchev–Trinajstić information content (AvgIpc) is 3.61. The van der Waals surface area contributed by atoms with Gasteiger partial charge in [0.25, 0.3) is 0 Å². The lowest BCUT2D eigenvalue weighted by Crippen LogP contribution is -2.09. The van der Waals surface area contributed by atoms with Gasteiger partial charge in [0, 0.05) is 45.0 Å². The molecular weight excluding hydrogens is 681 g/mol. The van der Waals surface area contributed by atoms with Crippen molar-refractivity contribution in [2.75, 3.05) is 4.90 Å². The Balaban J connectivity index is 1.12. The summed E-state index contributed by atoms with van der Waals surface area (Å²) in [6, 6.07) is 76.8. The van der Waals surface area contributed by atoms with Gasteiger partial charge in [-0.3, -0.25) is 4.57 Å². The van der Waals surface area contributed by atoms with E-state index in [2.05, 4.69) is 204 Å². The van der Waals surface area contributed by atoms with Crippen LogP contribution < -0.4 is 4.90 Å². The molecule has 2 aromatic heterocycles. The van der Waals surface area contributed by atoms with Crippen LogP contribution in [0.15, 0.2) is 218 Å². The summed E-state index contributed by atoms with van der Waals surface area (Å²) in [7, 11) is 0. The third kappa shape index (κ3) is 6.09. The van der Waals surface area contributed by atoms with Crippen LogP contribution in [-0.2, 0) is 0 Å². The summed E-state index contributed by atoms with van der Waals surface area (Å²) < 4.78 is 2.28. The summed E-state index contributed by atoms with van der Waals surface area (Å²) in [5, 5.41) is 2.34. The van der Waals surface area contributed by atoms with Gasteiger partial charge in [-0.2, -0.15) is 0 Å². The number of para-hydroxylation sites is 3. The topological polar surface area (TPSA) is 34.0 Å². The van der Waals surface area contributed by atoms with Crippen LogP contribution in [0.5, 0.6) is 0 Å². The van der Waals surface area contributed by atoms with Gasteiger partial charge in [-0.05, 0) is 76.9 Å². The second-order valence-electron chi connectivity index (χ2n) is 13.9. The van der Waals surface area contributed by atoms with Crippen LogP contribution in [0, 0.1) is 0 Å². The molecule has 4 nitrogen and oxygen atoms in total. The lowest BCUT2D eigenvalue weighted by Gasteiger charge is -2.26. The third-order valence-electron chi connectivity index (χ3n) is 10.4. The molecule has 0 aliphatic heterocycles. The van der Waals surface area contributed by atoms with Crippen molar-refractivity contribution < 1.29 is 0 Å². The zero-order valence-corrected chi connectivity index (χ0v) is 30.6. The molecule has 264 valence electrons. The second-order valence-corrected chi connectivity index (χ2v) is 13.9. The molecule has 4 heteroatoms. The fourth-order valence-corrected chi connectivity index (χ4v) is 7.81. The zero-order chi connectivity index (χ0) is 37.3. The Bertz CT molecular complexity index is 2860. The molecule has 0 N–H and O–H groups in total. The smallest absolute Gasteiger partial charge is 0.162 e. The molecule has 0 saturated heterocycles. The van der Waals surface area contributed by atoms with E-state index in [1.807, 2.05) is 24.3 Å². The van der Waals surface area contributed by atoms with Gasteiger partial charge in [-0.25, -0.2) is 9.97 Å². The Labute approximate surface area is 326 Å². The van der Waals surface area contributed by atoms with Crippen molar-refractivity contribution in [3.05, 3.63) is 218 Å². The van der Waals surface area contributed by atoms with E-state index in [4.69, 9.17) is 9.97 Å². The largest absolute Gasteiger partial charge is 0.310 e. The summed E-state index contributed by atoms with van der Waals surface area (Å²) in [6.07, 6.45) is 0. The first-order valence-electron chi connectivity index (χ1n) is 18.9. The molecule has 0 radical (unpaired) electrons. The van der Waals surface area contributed by atoms with Crippen LogP contribution in [-0.4, -0.2) is 14.5 Å². The lowest BCUT2D eigenvalue weighted by atomic mass is 9.93. The van der Waals surface area contributed by atoms with E-state index < -0.39 is 0 Å². The van der Waals surface area contributed by atoms with Crippen LogP contribution in [0.4, 0.5) is 17.1 Å². The highest BCUT2D eigenvalue weighted by molar-refractivity contribution is 6.10. The van der Waals surface area contributed by atoms with E-state index in [9.17, 15) is 0 Å². The summed E-state index contributed by atoms with van der Waals surface area (Å²) in [5.74, 6) is 1.52. The van der Waals surface area contributed by atoms with E-state index in [0.29, 0.717) is 5.82 Å². The first kappa shape index (κ1) is 33.0. The summed E-state index contributed by atoms with van der Waals surface area (Å²) in [4.78, 5) is 12.6. The summed E-state index contributed by atoms with van der Waals surface area (Å²) >= 11 is 0. The summed E-state index contributed by atoms with van der Waals surface area (Å²) in [6.45, 7) is 0. The number of fused-ring (bicyclic) bond motifs is 3. The first-order chi connectivity index (χ1) is 27.8. The fraction of sp³-hybridized carbons (Fsp3) is 0. The van der Waals surface area contributed by atoms with E-state index in [0.717, 1.165) is 61.9 Å². The molecule has 0 saturated carbocycles. The number of aromatic nitrogens is 3. The van der Waals surface area contributed by atoms with E-state index >= 15 is 0 Å². The maximum atomic E-state index is 5.22. The molecule has 0 unspecified atom stereocenters. The van der Waals surface area contributed by atoms with Crippen molar-refractivity contribution in [3.63, 3.8) is 0 Å². The van der Waals surface area contributed by atoms with Crippen LogP contribution >= 0.6 is 0 Å². The minimum Gasteiger partial charge on any atom is -0.310 e. The molecular formula is C52H36N4. The summed E-state index contributed by atoms with van der Waals surface area (Å²) in [5.41, 5.74) is 13.1. The lowest BCUT2D eigenvalue weighted by molar-refractivity contribution is 1.05. The van der Waals surface area contributed by atoms with Crippen LogP contribution in [0.3, 0.4) is 0 Å². The number of hydrogen-bond acceptors (Lipinski definition) is 3. The number of hydrogen-bond donors (Lipinski definition) is 0. The van der Waals surface area contributed by atoms with Gasteiger partial charge in [0.15, 0.2) is 5.82 Å². The van der Waals surface area contributed by atoms with E-state index in [1.54, 1.807) is 0 Å². The predicted octanol–water partition coefficient (Wildman–Crippen LogP) is 13.7. The van der Waals surface area contributed by atoms with Crippen LogP contribution in [0.2, 0.25) is 0 Å². The van der Waals surface area contributed by atoms with Gasteiger partial charge in [0.05, 0.1) is 16.7 Å². The molecule has 56 heavy (non-hydrogen) atoms. The minimum absolute atomic E-state index is 0.693. The van der Waals surface area contributed by atoms with Gasteiger partial charge in [0.2, 0.25) is 0 Å². The maximum Gasteiger partial charge on any atom is 0.162 e. The molecule has 0 aliphatic carbocycles. The number of nitrogens with zero attached hydrogens (tertiary/aromatic N) is 4. The quantitative estimate of drug-likeness (QED) is 0.157. The van der Waals surface area contributed by atoms with Gasteiger partial charge in [-0.1, -0.05) is 158 Å². The Morgan fingerprint density at radius 1 is 0.339 bits per heavy atom. The van der Waals surface area contributed by atoms with Crippen molar-refractivity contribution in [3.8, 4) is 50.7 Å². The number of anilines is 3. The molecule has 8 aromatic carbocycles. The van der Waals surface area contributed by atoms with Crippen LogP contribution in [0.25, 0.3) is 72.5 Å². The molecule has 2 heterocycles. The third-order valence-corrected chi connectivity index (χ3v) is 10.4. The van der Waals surface area contributed by atoms with Gasteiger partial charge >= 0.3 is 0 Å². The highest BCUT2D eigenvalue weighted by Gasteiger charge is 2.19. The van der Waals surface area contributed by atoms with E-state index in [1.165, 1.54) is 21.9 Å². The molecule has 0 bridgehead atoms. The fourth-order valence-electron chi connectivity index (χ4n) is 7.81. The van der Waals surface area contributed by atoms with Crippen LogP contribution in [0.1, 0.15) is 0 Å². The van der Waals surface area contributed by atoms with Crippen molar-refractivity contribution in [2.24, 2.45) is 0 Å². The predicted molar refractivity (Wildman–Crippen MR) is 233 cm³/mol. The second kappa shape index (κ2) is 14.3. The maximum absolute atomic E-state index is 5.22. The van der Waals surface area contributed by atoms with Crippen molar-refractivity contribution in [1.82, 2.24) is 14.5 Å². The Morgan fingerprint density at radius 2 is 0.857 bits per heavy atom. The zero-order valence-electron chi connectivity index (χ0n) is 30.6. The van der Waals surface area contributed by atoms with Gasteiger partial charge in [0.1, 0.15) is 5.82 Å². The van der Waals surface area contributed by atoms with Gasteiger partial charge in [-0.15, -0.1) is 0 Å². The Kier molecular flexibility index (Phi) is 8.47. The number of benzene rings is 8. The number of rotatable bonds is 8. The molecule has 0 amide bonds. The van der Waals surface area contributed by atoms with Crippen molar-refractivity contribution in [2.45, 2.75) is 0 Å². The first-order valence-corrected chi connectivity index (χ1v) is 18.9. The Morgan fingerprint density at radius 3 is 1.54 bits per heavy atom. The average molecular weight is 717 g/mol. The monoisotopic (exact) mass is 716 g/mol. The molecule has 10 aromatic rings. The van der Waals surface area contributed by atoms with Crippen molar-refractivity contribution >= 4 is 38.9 Å². The SMILES string of the molecule is c1ccc(-c2cc(-n3c4ccccc4c4cc(-c5ccccc5-c5cccc(N(c6ccccc6)c6ccccc6)c5)ccc43)nc(-c3ccccc3)n2)cc1. The minimum atomic E-state index is 0.693. The van der Waals surface area contributed by atoms with E-state index in [-0.39, 0.29) is 0 Å². The normalized spacial score (nSPS) is 11.2. The molecule has 0 fully saturated rings. The Hall–Kier alpha value is -7.56. The molecule has 0 aliphatic rings. The molecule has 0 atom stereocenters. The molecule has 0 spiro atoms. The highest BCUT2D eigenvalue weighted by Crippen LogP contribution is 2.41. The standard InChI is InChI=1S/C52H36N4/c1-5-18-37(19-6-1)48-36-51(54-52(53-48)38-20-7-2-8-21-38)56-49-31-16-15-30-46(49)47-35-40(32-33-50(47)56)45-29-14-13-28-44(45)39-22-17-27-43(34-39)55(41-23-9-3-10-24-41)42-25-11-4-12-26-42/h1-36H.